The van der Waals surface area contributed by atoms with Gasteiger partial charge in [0.25, 0.3) is 0 Å². The number of aromatic nitrogens is 1. The van der Waals surface area contributed by atoms with E-state index in [2.05, 4.69) is 4.98 Å². The van der Waals surface area contributed by atoms with Gasteiger partial charge in [0, 0.05) is 22.7 Å². The van der Waals surface area contributed by atoms with E-state index in [1.54, 1.807) is 36.5 Å². The highest BCUT2D eigenvalue weighted by Crippen LogP contribution is 2.21. The number of benzene rings is 2. The molecule has 1 heterocycles. The molecule has 0 aliphatic heterocycles. The molecule has 4 heteroatoms. The number of pyridine rings is 1. The standard InChI is InChI=1S/C17H12FNO2/c18-15-8-13-4-2-6-19-17(13)14(9-15)11-21-16-5-1-3-12(7-16)10-20/h1-10H,11H2. The highest BCUT2D eigenvalue weighted by molar-refractivity contribution is 5.81. The Kier molecular flexibility index (Phi) is 3.60. The van der Waals surface area contributed by atoms with Gasteiger partial charge in [-0.15, -0.1) is 0 Å². The molecule has 0 spiro atoms. The molecule has 2 aromatic carbocycles. The molecule has 0 saturated carbocycles. The summed E-state index contributed by atoms with van der Waals surface area (Å²) in [5, 5.41) is 0.734. The molecular weight excluding hydrogens is 269 g/mol. The van der Waals surface area contributed by atoms with Crippen molar-refractivity contribution in [3.05, 3.63) is 71.7 Å². The lowest BCUT2D eigenvalue weighted by Crippen LogP contribution is -1.99. The Bertz CT molecular complexity index is 802. The number of hydrogen-bond acceptors (Lipinski definition) is 3. The van der Waals surface area contributed by atoms with Crippen molar-refractivity contribution in [1.29, 1.82) is 0 Å². The van der Waals surface area contributed by atoms with Gasteiger partial charge in [-0.3, -0.25) is 9.78 Å². The molecule has 0 aliphatic carbocycles. The van der Waals surface area contributed by atoms with Gasteiger partial charge in [-0.2, -0.15) is 0 Å². The topological polar surface area (TPSA) is 39.2 Å². The number of carbonyl (C=O) groups is 1. The number of ether oxygens (including phenoxy) is 1. The summed E-state index contributed by atoms with van der Waals surface area (Å²) in [5.41, 5.74) is 1.92. The van der Waals surface area contributed by atoms with Gasteiger partial charge in [0.1, 0.15) is 24.5 Å². The highest BCUT2D eigenvalue weighted by Gasteiger charge is 2.06. The number of rotatable bonds is 4. The van der Waals surface area contributed by atoms with Crippen LogP contribution in [0.1, 0.15) is 15.9 Å². The third kappa shape index (κ3) is 2.89. The molecule has 0 radical (unpaired) electrons. The molecule has 104 valence electrons. The molecule has 0 amide bonds. The van der Waals surface area contributed by atoms with Gasteiger partial charge in [0.2, 0.25) is 0 Å². The van der Waals surface area contributed by atoms with Gasteiger partial charge < -0.3 is 4.74 Å². The van der Waals surface area contributed by atoms with Gasteiger partial charge in [0.05, 0.1) is 5.52 Å². The lowest BCUT2D eigenvalue weighted by molar-refractivity contribution is 0.112. The maximum Gasteiger partial charge on any atom is 0.150 e. The van der Waals surface area contributed by atoms with Crippen LogP contribution in [-0.4, -0.2) is 11.3 Å². The van der Waals surface area contributed by atoms with E-state index < -0.39 is 0 Å². The number of aldehydes is 1. The normalized spacial score (nSPS) is 10.5. The lowest BCUT2D eigenvalue weighted by Gasteiger charge is -2.09. The van der Waals surface area contributed by atoms with Crippen molar-refractivity contribution in [2.45, 2.75) is 6.61 Å². The van der Waals surface area contributed by atoms with Gasteiger partial charge in [-0.05, 0) is 30.3 Å². The zero-order chi connectivity index (χ0) is 14.7. The van der Waals surface area contributed by atoms with E-state index in [-0.39, 0.29) is 12.4 Å². The maximum absolute atomic E-state index is 13.6. The van der Waals surface area contributed by atoms with Crippen molar-refractivity contribution < 1.29 is 13.9 Å². The first kappa shape index (κ1) is 13.2. The monoisotopic (exact) mass is 281 g/mol. The molecule has 0 unspecified atom stereocenters. The summed E-state index contributed by atoms with van der Waals surface area (Å²) in [6.07, 6.45) is 2.42. The second kappa shape index (κ2) is 5.71. The molecular formula is C17H12FNO2. The molecule has 0 atom stereocenters. The molecule has 0 saturated heterocycles. The van der Waals surface area contributed by atoms with E-state index in [9.17, 15) is 9.18 Å². The van der Waals surface area contributed by atoms with Gasteiger partial charge >= 0.3 is 0 Å². The third-order valence-corrected chi connectivity index (χ3v) is 3.14. The van der Waals surface area contributed by atoms with Gasteiger partial charge in [0.15, 0.2) is 0 Å². The summed E-state index contributed by atoms with van der Waals surface area (Å²) >= 11 is 0. The quantitative estimate of drug-likeness (QED) is 0.683. The predicted molar refractivity (Wildman–Crippen MR) is 77.9 cm³/mol. The Morgan fingerprint density at radius 1 is 1.14 bits per heavy atom. The van der Waals surface area contributed by atoms with Gasteiger partial charge in [-0.25, -0.2) is 4.39 Å². The molecule has 3 rings (SSSR count). The second-order valence-corrected chi connectivity index (χ2v) is 4.62. The smallest absolute Gasteiger partial charge is 0.150 e. The van der Waals surface area contributed by atoms with Crippen molar-refractivity contribution in [2.75, 3.05) is 0 Å². The van der Waals surface area contributed by atoms with Crippen LogP contribution in [0, 0.1) is 5.82 Å². The molecule has 0 N–H and O–H groups in total. The number of hydrogen-bond donors (Lipinski definition) is 0. The van der Waals surface area contributed by atoms with E-state index in [1.165, 1.54) is 12.1 Å². The largest absolute Gasteiger partial charge is 0.489 e. The molecule has 1 aromatic heterocycles. The first-order chi connectivity index (χ1) is 10.3. The molecule has 3 aromatic rings. The minimum absolute atomic E-state index is 0.188. The fraction of sp³-hybridized carbons (Fsp3) is 0.0588. The van der Waals surface area contributed by atoms with Crippen molar-refractivity contribution in [3.8, 4) is 5.75 Å². The summed E-state index contributed by atoms with van der Waals surface area (Å²) < 4.78 is 19.2. The van der Waals surface area contributed by atoms with Crippen molar-refractivity contribution in [1.82, 2.24) is 4.98 Å². The van der Waals surface area contributed by atoms with Crippen LogP contribution in [0.3, 0.4) is 0 Å². The Hall–Kier alpha value is -2.75. The molecule has 21 heavy (non-hydrogen) atoms. The molecule has 0 aliphatic rings. The Labute approximate surface area is 121 Å². The SMILES string of the molecule is O=Cc1cccc(OCc2cc(F)cc3cccnc23)c1. The van der Waals surface area contributed by atoms with E-state index in [0.29, 0.717) is 22.4 Å². The van der Waals surface area contributed by atoms with Crippen LogP contribution >= 0.6 is 0 Å². The van der Waals surface area contributed by atoms with Crippen LogP contribution in [0.25, 0.3) is 10.9 Å². The number of halogens is 1. The minimum Gasteiger partial charge on any atom is -0.489 e. The number of carbonyl (C=O) groups excluding carboxylic acids is 1. The predicted octanol–water partition coefficient (Wildman–Crippen LogP) is 3.77. The first-order valence-electron chi connectivity index (χ1n) is 6.47. The fourth-order valence-corrected chi connectivity index (χ4v) is 2.18. The zero-order valence-corrected chi connectivity index (χ0v) is 11.1. The minimum atomic E-state index is -0.323. The lowest BCUT2D eigenvalue weighted by atomic mass is 10.1. The highest BCUT2D eigenvalue weighted by atomic mass is 19.1. The van der Waals surface area contributed by atoms with Crippen molar-refractivity contribution >= 4 is 17.2 Å². The fourth-order valence-electron chi connectivity index (χ4n) is 2.18. The average molecular weight is 281 g/mol. The zero-order valence-electron chi connectivity index (χ0n) is 11.1. The Morgan fingerprint density at radius 3 is 2.90 bits per heavy atom. The summed E-state index contributed by atoms with van der Waals surface area (Å²) in [6.45, 7) is 0.188. The summed E-state index contributed by atoms with van der Waals surface area (Å²) in [5.74, 6) is 0.240. The number of fused-ring (bicyclic) bond motifs is 1. The second-order valence-electron chi connectivity index (χ2n) is 4.62. The maximum atomic E-state index is 13.6. The van der Waals surface area contributed by atoms with Crippen LogP contribution in [0.2, 0.25) is 0 Å². The van der Waals surface area contributed by atoms with E-state index in [1.807, 2.05) is 6.07 Å². The van der Waals surface area contributed by atoms with Crippen molar-refractivity contribution in [2.24, 2.45) is 0 Å². The number of nitrogens with zero attached hydrogens (tertiary/aromatic N) is 1. The van der Waals surface area contributed by atoms with Gasteiger partial charge in [-0.1, -0.05) is 18.2 Å². The summed E-state index contributed by atoms with van der Waals surface area (Å²) in [7, 11) is 0. The van der Waals surface area contributed by atoms with Crippen LogP contribution in [-0.2, 0) is 6.61 Å². The van der Waals surface area contributed by atoms with Crippen LogP contribution in [0.4, 0.5) is 4.39 Å². The van der Waals surface area contributed by atoms with Crippen LogP contribution < -0.4 is 4.74 Å². The first-order valence-corrected chi connectivity index (χ1v) is 6.47. The Balaban J connectivity index is 1.89. The van der Waals surface area contributed by atoms with Crippen LogP contribution in [0.5, 0.6) is 5.75 Å². The molecule has 3 nitrogen and oxygen atoms in total. The summed E-state index contributed by atoms with van der Waals surface area (Å²) in [6, 6.07) is 13.3. The van der Waals surface area contributed by atoms with Crippen molar-refractivity contribution in [3.63, 3.8) is 0 Å². The molecule has 0 bridgehead atoms. The van der Waals surface area contributed by atoms with E-state index in [0.717, 1.165) is 11.7 Å². The third-order valence-electron chi connectivity index (χ3n) is 3.14. The average Bonchev–Trinajstić information content (AvgIpc) is 2.52. The summed E-state index contributed by atoms with van der Waals surface area (Å²) in [4.78, 5) is 15.0. The van der Waals surface area contributed by atoms with E-state index in [4.69, 9.17) is 4.74 Å². The van der Waals surface area contributed by atoms with E-state index >= 15 is 0 Å². The molecule has 0 fully saturated rings. The van der Waals surface area contributed by atoms with Crippen LogP contribution in [0.15, 0.2) is 54.7 Å². The Morgan fingerprint density at radius 2 is 2.05 bits per heavy atom.